The molecule has 1 aromatic rings. The lowest BCUT2D eigenvalue weighted by atomic mass is 10.2. The van der Waals surface area contributed by atoms with Crippen LogP contribution in [0, 0.1) is 10.1 Å². The summed E-state index contributed by atoms with van der Waals surface area (Å²) in [6.07, 6.45) is -0.826. The molecule has 98 valence electrons. The van der Waals surface area contributed by atoms with E-state index < -0.39 is 11.0 Å². The number of nitro benzene ring substituents is 1. The third-order valence-corrected chi connectivity index (χ3v) is 3.01. The Morgan fingerprint density at radius 1 is 1.56 bits per heavy atom. The van der Waals surface area contributed by atoms with Gasteiger partial charge in [-0.3, -0.25) is 10.1 Å². The number of carbonyl (C=O) groups excluding carboxylic acids is 1. The number of halogens is 1. The highest BCUT2D eigenvalue weighted by molar-refractivity contribution is 9.10. The Hall–Kier alpha value is -1.67. The number of rotatable bonds is 6. The fraction of sp³-hybridized carbons (Fsp3) is 0.300. The zero-order chi connectivity index (χ0) is 13.5. The Morgan fingerprint density at radius 3 is 2.89 bits per heavy atom. The maximum atomic E-state index is 10.7. The molecule has 1 amide bonds. The molecule has 0 aromatic heterocycles. The Kier molecular flexibility index (Phi) is 5.53. The first-order valence-corrected chi connectivity index (χ1v) is 5.86. The van der Waals surface area contributed by atoms with Gasteiger partial charge in [0.05, 0.1) is 9.40 Å². The zero-order valence-corrected chi connectivity index (χ0v) is 11.0. The second-order valence-corrected chi connectivity index (χ2v) is 4.14. The summed E-state index contributed by atoms with van der Waals surface area (Å²) in [4.78, 5) is 20.6. The molecular formula is C10H12BrN3O4. The number of primary amides is 1. The number of benzene rings is 1. The molecule has 1 rings (SSSR count). The molecule has 0 aliphatic carbocycles. The summed E-state index contributed by atoms with van der Waals surface area (Å²) in [7, 11) is 0. The van der Waals surface area contributed by atoms with Gasteiger partial charge in [0.15, 0.2) is 0 Å². The van der Waals surface area contributed by atoms with E-state index in [0.717, 1.165) is 5.56 Å². The van der Waals surface area contributed by atoms with Crippen LogP contribution in [0.2, 0.25) is 0 Å². The molecule has 0 fully saturated rings. The van der Waals surface area contributed by atoms with Gasteiger partial charge in [-0.25, -0.2) is 4.79 Å². The molecule has 0 saturated carbocycles. The van der Waals surface area contributed by atoms with Crippen LogP contribution in [-0.4, -0.2) is 24.2 Å². The van der Waals surface area contributed by atoms with Crippen molar-refractivity contribution in [2.45, 2.75) is 6.54 Å². The van der Waals surface area contributed by atoms with Crippen LogP contribution in [0.4, 0.5) is 10.5 Å². The van der Waals surface area contributed by atoms with Crippen molar-refractivity contribution < 1.29 is 14.5 Å². The van der Waals surface area contributed by atoms with E-state index in [1.165, 1.54) is 6.07 Å². The fourth-order valence-electron chi connectivity index (χ4n) is 1.29. The molecule has 1 aromatic carbocycles. The highest BCUT2D eigenvalue weighted by Gasteiger charge is 2.14. The molecular weight excluding hydrogens is 306 g/mol. The van der Waals surface area contributed by atoms with Crippen LogP contribution >= 0.6 is 15.9 Å². The van der Waals surface area contributed by atoms with E-state index in [1.807, 2.05) is 0 Å². The van der Waals surface area contributed by atoms with Crippen molar-refractivity contribution in [1.29, 1.82) is 0 Å². The first kappa shape index (κ1) is 14.4. The first-order chi connectivity index (χ1) is 8.52. The van der Waals surface area contributed by atoms with Crippen LogP contribution in [0.15, 0.2) is 22.7 Å². The minimum absolute atomic E-state index is 0.0164. The van der Waals surface area contributed by atoms with E-state index >= 15 is 0 Å². The predicted octanol–water partition coefficient (Wildman–Crippen LogP) is 1.54. The van der Waals surface area contributed by atoms with Crippen LogP contribution < -0.4 is 11.1 Å². The lowest BCUT2D eigenvalue weighted by Gasteiger charge is -2.07. The number of hydrogen-bond acceptors (Lipinski definition) is 5. The first-order valence-electron chi connectivity index (χ1n) is 5.07. The SMILES string of the molecule is NC(=O)OCCNCc1cccc([N+](=O)[O-])c1Br. The van der Waals surface area contributed by atoms with Gasteiger partial charge < -0.3 is 15.8 Å². The van der Waals surface area contributed by atoms with E-state index in [9.17, 15) is 14.9 Å². The average molecular weight is 318 g/mol. The molecule has 0 radical (unpaired) electrons. The van der Waals surface area contributed by atoms with Crippen molar-refractivity contribution in [2.24, 2.45) is 5.73 Å². The molecule has 8 heteroatoms. The highest BCUT2D eigenvalue weighted by Crippen LogP contribution is 2.27. The van der Waals surface area contributed by atoms with Gasteiger partial charge in [-0.05, 0) is 21.5 Å². The average Bonchev–Trinajstić information content (AvgIpc) is 2.30. The molecule has 18 heavy (non-hydrogen) atoms. The number of nitrogens with one attached hydrogen (secondary N) is 1. The molecule has 0 saturated heterocycles. The smallest absolute Gasteiger partial charge is 0.404 e. The van der Waals surface area contributed by atoms with Crippen molar-refractivity contribution >= 4 is 27.7 Å². The second kappa shape index (κ2) is 6.92. The summed E-state index contributed by atoms with van der Waals surface area (Å²) in [5, 5.41) is 13.7. The van der Waals surface area contributed by atoms with Crippen LogP contribution in [0.3, 0.4) is 0 Å². The van der Waals surface area contributed by atoms with Crippen LogP contribution in [0.25, 0.3) is 0 Å². The molecule has 0 unspecified atom stereocenters. The lowest BCUT2D eigenvalue weighted by molar-refractivity contribution is -0.385. The van der Waals surface area contributed by atoms with Gasteiger partial charge in [-0.2, -0.15) is 0 Å². The predicted molar refractivity (Wildman–Crippen MR) is 68.0 cm³/mol. The van der Waals surface area contributed by atoms with Crippen molar-refractivity contribution in [3.8, 4) is 0 Å². The van der Waals surface area contributed by atoms with Crippen molar-refractivity contribution in [1.82, 2.24) is 5.32 Å². The van der Waals surface area contributed by atoms with Crippen LogP contribution in [-0.2, 0) is 11.3 Å². The van der Waals surface area contributed by atoms with E-state index in [4.69, 9.17) is 5.73 Å². The molecule has 0 aliphatic heterocycles. The molecule has 3 N–H and O–H groups in total. The largest absolute Gasteiger partial charge is 0.448 e. The standard InChI is InChI=1S/C10H12BrN3O4/c11-9-7(2-1-3-8(9)14(16)17)6-13-4-5-18-10(12)15/h1-3,13H,4-6H2,(H2,12,15). The number of nitro groups is 1. The normalized spacial score (nSPS) is 10.1. The lowest BCUT2D eigenvalue weighted by Crippen LogP contribution is -2.23. The van der Waals surface area contributed by atoms with Gasteiger partial charge in [-0.1, -0.05) is 12.1 Å². The Balaban J connectivity index is 2.50. The Labute approximate surface area is 112 Å². The molecule has 7 nitrogen and oxygen atoms in total. The van der Waals surface area contributed by atoms with Crippen LogP contribution in [0.5, 0.6) is 0 Å². The number of hydrogen-bond donors (Lipinski definition) is 2. The van der Waals surface area contributed by atoms with Gasteiger partial charge in [0.2, 0.25) is 0 Å². The minimum Gasteiger partial charge on any atom is -0.448 e. The number of nitrogens with two attached hydrogens (primary N) is 1. The van der Waals surface area contributed by atoms with Crippen molar-refractivity contribution in [2.75, 3.05) is 13.2 Å². The van der Waals surface area contributed by atoms with Gasteiger partial charge >= 0.3 is 6.09 Å². The van der Waals surface area contributed by atoms with E-state index in [-0.39, 0.29) is 12.3 Å². The van der Waals surface area contributed by atoms with Gasteiger partial charge in [0, 0.05) is 19.2 Å². The second-order valence-electron chi connectivity index (χ2n) is 3.35. The Bertz CT molecular complexity index is 453. The quantitative estimate of drug-likeness (QED) is 0.470. The minimum atomic E-state index is -0.826. The van der Waals surface area contributed by atoms with Gasteiger partial charge in [0.25, 0.3) is 5.69 Å². The molecule has 0 bridgehead atoms. The van der Waals surface area contributed by atoms with E-state index in [1.54, 1.807) is 12.1 Å². The monoisotopic (exact) mass is 317 g/mol. The fourth-order valence-corrected chi connectivity index (χ4v) is 1.84. The third-order valence-electron chi connectivity index (χ3n) is 2.09. The molecule has 0 heterocycles. The molecule has 0 spiro atoms. The van der Waals surface area contributed by atoms with Gasteiger partial charge in [-0.15, -0.1) is 0 Å². The Morgan fingerprint density at radius 2 is 2.28 bits per heavy atom. The molecule has 0 aliphatic rings. The molecule has 0 atom stereocenters. The summed E-state index contributed by atoms with van der Waals surface area (Å²) < 4.78 is 4.97. The van der Waals surface area contributed by atoms with E-state index in [0.29, 0.717) is 17.6 Å². The number of nitrogens with zero attached hydrogens (tertiary/aromatic N) is 1. The van der Waals surface area contributed by atoms with Crippen LogP contribution in [0.1, 0.15) is 5.56 Å². The summed E-state index contributed by atoms with van der Waals surface area (Å²) in [6, 6.07) is 4.79. The maximum absolute atomic E-state index is 10.7. The summed E-state index contributed by atoms with van der Waals surface area (Å²) in [5.74, 6) is 0. The maximum Gasteiger partial charge on any atom is 0.404 e. The third kappa shape index (κ3) is 4.30. The number of ether oxygens (including phenoxy) is 1. The zero-order valence-electron chi connectivity index (χ0n) is 9.39. The highest BCUT2D eigenvalue weighted by atomic mass is 79.9. The topological polar surface area (TPSA) is 107 Å². The summed E-state index contributed by atoms with van der Waals surface area (Å²) in [5.41, 5.74) is 5.56. The van der Waals surface area contributed by atoms with E-state index in [2.05, 4.69) is 26.0 Å². The van der Waals surface area contributed by atoms with Gasteiger partial charge in [0.1, 0.15) is 6.61 Å². The summed E-state index contributed by atoms with van der Waals surface area (Å²) >= 11 is 3.19. The van der Waals surface area contributed by atoms with Crippen molar-refractivity contribution in [3.63, 3.8) is 0 Å². The number of carbonyl (C=O) groups is 1. The summed E-state index contributed by atoms with van der Waals surface area (Å²) in [6.45, 7) is 0.990. The van der Waals surface area contributed by atoms with Crippen molar-refractivity contribution in [3.05, 3.63) is 38.3 Å². The number of amides is 1.